The lowest BCUT2D eigenvalue weighted by molar-refractivity contribution is -0.151. The van der Waals surface area contributed by atoms with Crippen molar-refractivity contribution in [2.45, 2.75) is 38.0 Å². The van der Waals surface area contributed by atoms with Gasteiger partial charge in [-0.3, -0.25) is 9.59 Å². The normalized spacial score (nSPS) is 40.7. The van der Waals surface area contributed by atoms with Crippen molar-refractivity contribution < 1.29 is 19.1 Å². The predicted octanol–water partition coefficient (Wildman–Crippen LogP) is 0.740. The van der Waals surface area contributed by atoms with Gasteiger partial charge in [-0.15, -0.1) is 0 Å². The summed E-state index contributed by atoms with van der Waals surface area (Å²) in [6.45, 7) is 4.63. The fourth-order valence-corrected chi connectivity index (χ4v) is 3.53. The van der Waals surface area contributed by atoms with Crippen LogP contribution >= 0.6 is 0 Å². The largest absolute Gasteiger partial charge is 0.469 e. The average molecular weight is 265 g/mol. The highest BCUT2D eigenvalue weighted by atomic mass is 16.5. The molecule has 2 saturated heterocycles. The van der Waals surface area contributed by atoms with E-state index in [0.717, 1.165) is 6.42 Å². The number of esters is 1. The molecular weight excluding hydrogens is 246 g/mol. The summed E-state index contributed by atoms with van der Waals surface area (Å²) in [4.78, 5) is 26.4. The Morgan fingerprint density at radius 2 is 2.42 bits per heavy atom. The van der Waals surface area contributed by atoms with Crippen LogP contribution in [-0.4, -0.2) is 48.2 Å². The molecule has 3 rings (SSSR count). The Hall–Kier alpha value is -1.36. The Balaban J connectivity index is 1.95. The highest BCUT2D eigenvalue weighted by Gasteiger charge is 2.67. The summed E-state index contributed by atoms with van der Waals surface area (Å²) in [6, 6.07) is 0.168. The van der Waals surface area contributed by atoms with Crippen molar-refractivity contribution in [1.82, 2.24) is 4.90 Å². The maximum absolute atomic E-state index is 12.6. The fourth-order valence-electron chi connectivity index (χ4n) is 3.53. The zero-order valence-electron chi connectivity index (χ0n) is 11.5. The molecule has 0 aromatic heterocycles. The smallest absolute Gasteiger partial charge is 0.312 e. The Labute approximate surface area is 112 Å². The van der Waals surface area contributed by atoms with Crippen LogP contribution in [0.3, 0.4) is 0 Å². The number of carbonyl (C=O) groups excluding carboxylic acids is 2. The first-order valence-corrected chi connectivity index (χ1v) is 6.79. The van der Waals surface area contributed by atoms with Gasteiger partial charge in [-0.25, -0.2) is 0 Å². The number of ether oxygens (including phenoxy) is 2. The van der Waals surface area contributed by atoms with Gasteiger partial charge in [-0.2, -0.15) is 0 Å². The Morgan fingerprint density at radius 3 is 3.05 bits per heavy atom. The molecule has 0 saturated carbocycles. The van der Waals surface area contributed by atoms with Crippen LogP contribution in [-0.2, 0) is 19.1 Å². The van der Waals surface area contributed by atoms with Gasteiger partial charge in [0, 0.05) is 6.04 Å². The maximum atomic E-state index is 12.6. The van der Waals surface area contributed by atoms with Crippen LogP contribution in [0.5, 0.6) is 0 Å². The molecule has 3 aliphatic heterocycles. The van der Waals surface area contributed by atoms with Gasteiger partial charge in [0.25, 0.3) is 0 Å². The van der Waals surface area contributed by atoms with E-state index in [4.69, 9.17) is 9.47 Å². The van der Waals surface area contributed by atoms with Crippen molar-refractivity contribution in [3.8, 4) is 0 Å². The molecule has 0 aromatic rings. The molecule has 104 valence electrons. The van der Waals surface area contributed by atoms with Gasteiger partial charge in [0.15, 0.2) is 0 Å². The number of amides is 1. The number of nitrogens with zero attached hydrogens (tertiary/aromatic N) is 1. The summed E-state index contributed by atoms with van der Waals surface area (Å²) in [6.07, 6.45) is 4.44. The predicted molar refractivity (Wildman–Crippen MR) is 67.2 cm³/mol. The number of fused-ring (bicyclic) bond motifs is 1. The summed E-state index contributed by atoms with van der Waals surface area (Å²) < 4.78 is 10.8. The Kier molecular flexibility index (Phi) is 2.71. The minimum Gasteiger partial charge on any atom is -0.469 e. The Bertz CT molecular complexity index is 460. The summed E-state index contributed by atoms with van der Waals surface area (Å²) in [5.41, 5.74) is -0.607. The third-order valence-electron chi connectivity index (χ3n) is 4.73. The van der Waals surface area contributed by atoms with Crippen LogP contribution in [0.25, 0.3) is 0 Å². The van der Waals surface area contributed by atoms with Crippen LogP contribution in [0.1, 0.15) is 20.3 Å². The van der Waals surface area contributed by atoms with Crippen LogP contribution in [0, 0.1) is 11.8 Å². The van der Waals surface area contributed by atoms with Crippen molar-refractivity contribution >= 4 is 11.9 Å². The molecule has 5 nitrogen and oxygen atoms in total. The summed E-state index contributed by atoms with van der Waals surface area (Å²) in [5, 5.41) is 0. The van der Waals surface area contributed by atoms with Crippen molar-refractivity contribution in [2.75, 3.05) is 13.7 Å². The average Bonchev–Trinajstić information content (AvgIpc) is 3.05. The van der Waals surface area contributed by atoms with Crippen molar-refractivity contribution in [1.29, 1.82) is 0 Å². The SMILES string of the molecule is CC[C@H](C)N1C[C@@]23C=C[C@@H](O2)[C@@H](C(=O)OC)[C@@H]3C1=O. The molecule has 0 aliphatic carbocycles. The molecular formula is C14H19NO4. The first kappa shape index (κ1) is 12.7. The fraction of sp³-hybridized carbons (Fsp3) is 0.714. The second kappa shape index (κ2) is 4.07. The molecule has 5 atom stereocenters. The van der Waals surface area contributed by atoms with Gasteiger partial charge in [-0.1, -0.05) is 19.1 Å². The molecule has 0 radical (unpaired) electrons. The number of methoxy groups -OCH3 is 1. The van der Waals surface area contributed by atoms with E-state index in [0.29, 0.717) is 6.54 Å². The van der Waals surface area contributed by atoms with Crippen LogP contribution in [0.15, 0.2) is 12.2 Å². The molecule has 0 aromatic carbocycles. The van der Waals surface area contributed by atoms with E-state index >= 15 is 0 Å². The van der Waals surface area contributed by atoms with E-state index in [2.05, 4.69) is 6.92 Å². The van der Waals surface area contributed by atoms with Gasteiger partial charge >= 0.3 is 5.97 Å². The lowest BCUT2D eigenvalue weighted by atomic mass is 9.77. The van der Waals surface area contributed by atoms with Crippen molar-refractivity contribution in [3.63, 3.8) is 0 Å². The molecule has 1 spiro atoms. The number of hydrogen-bond acceptors (Lipinski definition) is 4. The van der Waals surface area contributed by atoms with E-state index in [1.54, 1.807) is 0 Å². The second-order valence-corrected chi connectivity index (χ2v) is 5.65. The summed E-state index contributed by atoms with van der Waals surface area (Å²) >= 11 is 0. The van der Waals surface area contributed by atoms with Gasteiger partial charge < -0.3 is 14.4 Å². The van der Waals surface area contributed by atoms with E-state index in [1.807, 2.05) is 24.0 Å². The minimum absolute atomic E-state index is 0.0246. The molecule has 3 aliphatic rings. The third kappa shape index (κ3) is 1.51. The molecule has 19 heavy (non-hydrogen) atoms. The lowest BCUT2D eigenvalue weighted by Crippen LogP contribution is -2.40. The van der Waals surface area contributed by atoms with E-state index < -0.39 is 17.4 Å². The summed E-state index contributed by atoms with van der Waals surface area (Å²) in [7, 11) is 1.36. The highest BCUT2D eigenvalue weighted by molar-refractivity contribution is 5.91. The minimum atomic E-state index is -0.607. The lowest BCUT2D eigenvalue weighted by Gasteiger charge is -2.26. The molecule has 0 N–H and O–H groups in total. The zero-order chi connectivity index (χ0) is 13.8. The highest BCUT2D eigenvalue weighted by Crippen LogP contribution is 2.52. The van der Waals surface area contributed by atoms with Crippen LogP contribution in [0.4, 0.5) is 0 Å². The standard InChI is InChI=1S/C14H19NO4/c1-4-8(2)15-7-14-6-5-9(19-14)10(13(17)18-3)11(14)12(15)16/h5-6,8-11H,4,7H2,1-3H3/t8-,9+,10+,11+,14+/m0/s1. The number of carbonyl (C=O) groups is 2. The van der Waals surface area contributed by atoms with Gasteiger partial charge in [-0.05, 0) is 13.3 Å². The van der Waals surface area contributed by atoms with Crippen LogP contribution in [0.2, 0.25) is 0 Å². The van der Waals surface area contributed by atoms with E-state index in [9.17, 15) is 9.59 Å². The number of likely N-dealkylation sites (tertiary alicyclic amines) is 1. The van der Waals surface area contributed by atoms with Gasteiger partial charge in [0.2, 0.25) is 5.91 Å². The molecule has 0 unspecified atom stereocenters. The Morgan fingerprint density at radius 1 is 1.68 bits per heavy atom. The molecule has 2 fully saturated rings. The third-order valence-corrected chi connectivity index (χ3v) is 4.73. The van der Waals surface area contributed by atoms with Crippen LogP contribution < -0.4 is 0 Å². The monoisotopic (exact) mass is 265 g/mol. The molecule has 3 heterocycles. The van der Waals surface area contributed by atoms with Gasteiger partial charge in [0.05, 0.1) is 25.7 Å². The molecule has 1 amide bonds. The quantitative estimate of drug-likeness (QED) is 0.558. The molecule has 5 heteroatoms. The van der Waals surface area contributed by atoms with E-state index in [-0.39, 0.29) is 24.0 Å². The molecule has 2 bridgehead atoms. The van der Waals surface area contributed by atoms with Gasteiger partial charge in [0.1, 0.15) is 11.5 Å². The zero-order valence-corrected chi connectivity index (χ0v) is 11.5. The van der Waals surface area contributed by atoms with Crippen molar-refractivity contribution in [2.24, 2.45) is 11.8 Å². The topological polar surface area (TPSA) is 55.8 Å². The van der Waals surface area contributed by atoms with Crippen molar-refractivity contribution in [3.05, 3.63) is 12.2 Å². The summed E-state index contributed by atoms with van der Waals surface area (Å²) in [5.74, 6) is -1.22. The first-order valence-electron chi connectivity index (χ1n) is 6.79. The second-order valence-electron chi connectivity index (χ2n) is 5.65. The van der Waals surface area contributed by atoms with E-state index in [1.165, 1.54) is 7.11 Å². The maximum Gasteiger partial charge on any atom is 0.312 e. The first-order chi connectivity index (χ1) is 9.04. The number of hydrogen-bond donors (Lipinski definition) is 0. The number of rotatable bonds is 3.